The van der Waals surface area contributed by atoms with Crippen LogP contribution in [0, 0.1) is 6.92 Å². The molecule has 4 heteroatoms. The molecule has 102 valence electrons. The number of hydrogen-bond donors (Lipinski definition) is 1. The van der Waals surface area contributed by atoms with Gasteiger partial charge in [-0.2, -0.15) is 5.10 Å². The zero-order valence-electron chi connectivity index (χ0n) is 11.8. The van der Waals surface area contributed by atoms with E-state index >= 15 is 0 Å². The predicted molar refractivity (Wildman–Crippen MR) is 77.0 cm³/mol. The van der Waals surface area contributed by atoms with E-state index in [1.165, 1.54) is 5.56 Å². The predicted octanol–water partition coefficient (Wildman–Crippen LogP) is 2.25. The molecule has 0 bridgehead atoms. The van der Waals surface area contributed by atoms with Crippen LogP contribution in [0.5, 0.6) is 0 Å². The number of anilines is 1. The third-order valence-electron chi connectivity index (χ3n) is 3.37. The van der Waals surface area contributed by atoms with Gasteiger partial charge in [-0.3, -0.25) is 4.68 Å². The Kier molecular flexibility index (Phi) is 4.22. The molecule has 1 N–H and O–H groups in total. The van der Waals surface area contributed by atoms with Gasteiger partial charge in [-0.15, -0.1) is 0 Å². The van der Waals surface area contributed by atoms with E-state index in [4.69, 9.17) is 0 Å². The van der Waals surface area contributed by atoms with Gasteiger partial charge in [0.25, 0.3) is 0 Å². The summed E-state index contributed by atoms with van der Waals surface area (Å²) in [6.07, 6.45) is 0. The zero-order valence-corrected chi connectivity index (χ0v) is 11.8. The highest BCUT2D eigenvalue weighted by atomic mass is 16.3. The maximum absolute atomic E-state index is 9.54. The number of benzene rings is 1. The average molecular weight is 259 g/mol. The van der Waals surface area contributed by atoms with Gasteiger partial charge in [-0.1, -0.05) is 30.3 Å². The number of nitrogens with zero attached hydrogens (tertiary/aromatic N) is 3. The van der Waals surface area contributed by atoms with Crippen molar-refractivity contribution in [2.24, 2.45) is 7.05 Å². The fourth-order valence-corrected chi connectivity index (χ4v) is 2.41. The van der Waals surface area contributed by atoms with Gasteiger partial charge in [0.05, 0.1) is 12.3 Å². The molecule has 1 aromatic heterocycles. The Labute approximate surface area is 114 Å². The largest absolute Gasteiger partial charge is 0.391 e. The lowest BCUT2D eigenvalue weighted by Crippen LogP contribution is -2.25. The van der Waals surface area contributed by atoms with E-state index in [-0.39, 0.29) is 6.61 Å². The quantitative estimate of drug-likeness (QED) is 0.895. The molecular formula is C15H21N3O. The molecule has 2 aromatic rings. The van der Waals surface area contributed by atoms with Crippen molar-refractivity contribution in [2.45, 2.75) is 27.0 Å². The van der Waals surface area contributed by atoms with Gasteiger partial charge in [-0.25, -0.2) is 0 Å². The number of hydrogen-bond acceptors (Lipinski definition) is 3. The minimum atomic E-state index is 0.0281. The van der Waals surface area contributed by atoms with E-state index in [1.807, 2.05) is 36.9 Å². The summed E-state index contributed by atoms with van der Waals surface area (Å²) in [6, 6.07) is 10.3. The van der Waals surface area contributed by atoms with Gasteiger partial charge in [0.2, 0.25) is 0 Å². The molecule has 0 atom stereocenters. The second-order valence-electron chi connectivity index (χ2n) is 4.67. The summed E-state index contributed by atoms with van der Waals surface area (Å²) in [6.45, 7) is 5.78. The normalized spacial score (nSPS) is 10.7. The minimum Gasteiger partial charge on any atom is -0.391 e. The second kappa shape index (κ2) is 5.89. The first-order valence-electron chi connectivity index (χ1n) is 6.59. The standard InChI is InChI=1S/C15H21N3O/c1-4-18(10-13-8-6-5-7-9-13)15-14(11-19)12(2)16-17(15)3/h5-9,19H,4,10-11H2,1-3H3. The monoisotopic (exact) mass is 259 g/mol. The third kappa shape index (κ3) is 2.79. The fourth-order valence-electron chi connectivity index (χ4n) is 2.41. The molecule has 0 fully saturated rings. The van der Waals surface area contributed by atoms with Gasteiger partial charge in [-0.05, 0) is 19.4 Å². The Morgan fingerprint density at radius 2 is 1.95 bits per heavy atom. The average Bonchev–Trinajstić information content (AvgIpc) is 2.71. The van der Waals surface area contributed by atoms with Crippen molar-refractivity contribution in [3.8, 4) is 0 Å². The molecule has 0 aliphatic heterocycles. The Balaban J connectivity index is 2.32. The van der Waals surface area contributed by atoms with Gasteiger partial charge >= 0.3 is 0 Å². The molecule has 0 spiro atoms. The summed E-state index contributed by atoms with van der Waals surface area (Å²) in [4.78, 5) is 2.24. The summed E-state index contributed by atoms with van der Waals surface area (Å²) in [5.41, 5.74) is 3.07. The van der Waals surface area contributed by atoms with Crippen LogP contribution in [0.2, 0.25) is 0 Å². The van der Waals surface area contributed by atoms with Crippen LogP contribution in [-0.4, -0.2) is 21.4 Å². The van der Waals surface area contributed by atoms with Crippen LogP contribution in [-0.2, 0) is 20.2 Å². The molecule has 0 unspecified atom stereocenters. The molecule has 0 saturated heterocycles. The van der Waals surface area contributed by atoms with E-state index in [1.54, 1.807) is 0 Å². The number of aliphatic hydroxyl groups excluding tert-OH is 1. The van der Waals surface area contributed by atoms with Crippen molar-refractivity contribution >= 4 is 5.82 Å². The van der Waals surface area contributed by atoms with Crippen LogP contribution in [0.4, 0.5) is 5.82 Å². The Morgan fingerprint density at radius 3 is 2.53 bits per heavy atom. The van der Waals surface area contributed by atoms with Crippen LogP contribution < -0.4 is 4.90 Å². The summed E-state index contributed by atoms with van der Waals surface area (Å²) in [7, 11) is 1.93. The topological polar surface area (TPSA) is 41.3 Å². The molecule has 0 saturated carbocycles. The molecule has 1 heterocycles. The minimum absolute atomic E-state index is 0.0281. The molecule has 1 aromatic carbocycles. The maximum atomic E-state index is 9.54. The fraction of sp³-hybridized carbons (Fsp3) is 0.400. The Morgan fingerprint density at radius 1 is 1.26 bits per heavy atom. The SMILES string of the molecule is CCN(Cc1ccccc1)c1c(CO)c(C)nn1C. The summed E-state index contributed by atoms with van der Waals surface area (Å²) in [5, 5.41) is 14.0. The molecule has 2 rings (SSSR count). The van der Waals surface area contributed by atoms with E-state index in [0.29, 0.717) is 0 Å². The first-order valence-corrected chi connectivity index (χ1v) is 6.59. The van der Waals surface area contributed by atoms with Gasteiger partial charge in [0, 0.05) is 25.7 Å². The van der Waals surface area contributed by atoms with Crippen LogP contribution in [0.3, 0.4) is 0 Å². The Bertz CT molecular complexity index is 534. The number of aliphatic hydroxyl groups is 1. The number of aromatic nitrogens is 2. The van der Waals surface area contributed by atoms with E-state index in [0.717, 1.165) is 30.2 Å². The maximum Gasteiger partial charge on any atom is 0.132 e. The van der Waals surface area contributed by atoms with Crippen LogP contribution >= 0.6 is 0 Å². The highest BCUT2D eigenvalue weighted by molar-refractivity contribution is 5.50. The lowest BCUT2D eigenvalue weighted by molar-refractivity contribution is 0.281. The zero-order chi connectivity index (χ0) is 13.8. The van der Waals surface area contributed by atoms with Crippen molar-refractivity contribution in [2.75, 3.05) is 11.4 Å². The lowest BCUT2D eigenvalue weighted by atomic mass is 10.2. The van der Waals surface area contributed by atoms with E-state index < -0.39 is 0 Å². The molecule has 4 nitrogen and oxygen atoms in total. The van der Waals surface area contributed by atoms with Gasteiger partial charge < -0.3 is 10.0 Å². The van der Waals surface area contributed by atoms with Crippen molar-refractivity contribution in [3.63, 3.8) is 0 Å². The van der Waals surface area contributed by atoms with E-state index in [2.05, 4.69) is 29.1 Å². The highest BCUT2D eigenvalue weighted by Crippen LogP contribution is 2.24. The molecule has 0 amide bonds. The van der Waals surface area contributed by atoms with Gasteiger partial charge in [0.15, 0.2) is 0 Å². The third-order valence-corrected chi connectivity index (χ3v) is 3.37. The molecule has 19 heavy (non-hydrogen) atoms. The molecular weight excluding hydrogens is 238 g/mol. The van der Waals surface area contributed by atoms with Crippen LogP contribution in [0.15, 0.2) is 30.3 Å². The Hall–Kier alpha value is -1.81. The molecule has 0 aliphatic rings. The first kappa shape index (κ1) is 13.6. The molecule has 0 radical (unpaired) electrons. The summed E-state index contributed by atoms with van der Waals surface area (Å²) in [5.74, 6) is 1.01. The van der Waals surface area contributed by atoms with Gasteiger partial charge in [0.1, 0.15) is 5.82 Å². The van der Waals surface area contributed by atoms with E-state index in [9.17, 15) is 5.11 Å². The number of rotatable bonds is 5. The lowest BCUT2D eigenvalue weighted by Gasteiger charge is -2.24. The smallest absolute Gasteiger partial charge is 0.132 e. The van der Waals surface area contributed by atoms with Crippen LogP contribution in [0.25, 0.3) is 0 Å². The first-order chi connectivity index (χ1) is 9.17. The van der Waals surface area contributed by atoms with Crippen molar-refractivity contribution in [3.05, 3.63) is 47.2 Å². The summed E-state index contributed by atoms with van der Waals surface area (Å²) >= 11 is 0. The van der Waals surface area contributed by atoms with Crippen LogP contribution in [0.1, 0.15) is 23.7 Å². The second-order valence-corrected chi connectivity index (χ2v) is 4.67. The number of aryl methyl sites for hydroxylation is 2. The van der Waals surface area contributed by atoms with Crippen molar-refractivity contribution in [1.29, 1.82) is 0 Å². The summed E-state index contributed by atoms with van der Waals surface area (Å²) < 4.78 is 1.85. The highest BCUT2D eigenvalue weighted by Gasteiger charge is 2.17. The molecule has 0 aliphatic carbocycles. The van der Waals surface area contributed by atoms with Crippen molar-refractivity contribution in [1.82, 2.24) is 9.78 Å². The van der Waals surface area contributed by atoms with Crippen molar-refractivity contribution < 1.29 is 5.11 Å².